The van der Waals surface area contributed by atoms with Gasteiger partial charge in [0.25, 0.3) is 0 Å². The Labute approximate surface area is 104 Å². The molecule has 0 fully saturated rings. The van der Waals surface area contributed by atoms with E-state index in [4.69, 9.17) is 4.74 Å². The van der Waals surface area contributed by atoms with Crippen LogP contribution in [-0.4, -0.2) is 36.0 Å². The summed E-state index contributed by atoms with van der Waals surface area (Å²) in [5.74, 6) is -0.0900. The molecule has 0 bridgehead atoms. The third kappa shape index (κ3) is 6.76. The fraction of sp³-hybridized carbons (Fsp3) is 0.692. The van der Waals surface area contributed by atoms with Crippen LogP contribution in [0.2, 0.25) is 0 Å². The lowest BCUT2D eigenvalue weighted by atomic mass is 10.2. The van der Waals surface area contributed by atoms with Gasteiger partial charge in [-0.3, -0.25) is 9.59 Å². The molecule has 0 heterocycles. The second-order valence-corrected chi connectivity index (χ2v) is 4.66. The first kappa shape index (κ1) is 15.7. The van der Waals surface area contributed by atoms with Gasteiger partial charge in [0.2, 0.25) is 5.91 Å². The summed E-state index contributed by atoms with van der Waals surface area (Å²) in [5, 5.41) is 0. The summed E-state index contributed by atoms with van der Waals surface area (Å²) in [7, 11) is 0. The third-order valence-electron chi connectivity index (χ3n) is 2.22. The number of rotatable bonds is 7. The van der Waals surface area contributed by atoms with Gasteiger partial charge in [0, 0.05) is 12.6 Å². The maximum absolute atomic E-state index is 11.5. The van der Waals surface area contributed by atoms with Crippen LogP contribution in [0.25, 0.3) is 0 Å². The molecule has 0 unspecified atom stereocenters. The van der Waals surface area contributed by atoms with Crippen molar-refractivity contribution in [1.29, 1.82) is 0 Å². The van der Waals surface area contributed by atoms with Gasteiger partial charge in [0.15, 0.2) is 0 Å². The second-order valence-electron chi connectivity index (χ2n) is 4.66. The van der Waals surface area contributed by atoms with Gasteiger partial charge < -0.3 is 9.64 Å². The lowest BCUT2D eigenvalue weighted by Crippen LogP contribution is -2.37. The van der Waals surface area contributed by atoms with E-state index < -0.39 is 0 Å². The maximum atomic E-state index is 11.5. The molecular formula is C13H23NO3. The molecule has 0 aromatic rings. The predicted molar refractivity (Wildman–Crippen MR) is 67.5 cm³/mol. The lowest BCUT2D eigenvalue weighted by molar-refractivity contribution is -0.145. The Kier molecular flexibility index (Phi) is 7.26. The standard InChI is InChI=1S/C13H23NO3/c1-6-12(15)14(11(4)5)8-7-13(16)17-9-10(2)3/h6,10-11H,1,7-9H2,2-5H3. The summed E-state index contributed by atoms with van der Waals surface area (Å²) < 4.78 is 5.04. The minimum Gasteiger partial charge on any atom is -0.465 e. The molecule has 0 N–H and O–H groups in total. The van der Waals surface area contributed by atoms with Crippen LogP contribution in [0.4, 0.5) is 0 Å². The van der Waals surface area contributed by atoms with E-state index in [9.17, 15) is 9.59 Å². The van der Waals surface area contributed by atoms with Gasteiger partial charge in [-0.1, -0.05) is 20.4 Å². The molecule has 1 amide bonds. The Morgan fingerprint density at radius 3 is 2.29 bits per heavy atom. The first-order valence-corrected chi connectivity index (χ1v) is 5.97. The average Bonchev–Trinajstić information content (AvgIpc) is 2.25. The van der Waals surface area contributed by atoms with Gasteiger partial charge in [0.1, 0.15) is 0 Å². The highest BCUT2D eigenvalue weighted by molar-refractivity contribution is 5.87. The van der Waals surface area contributed by atoms with Crippen LogP contribution in [0.3, 0.4) is 0 Å². The van der Waals surface area contributed by atoms with Gasteiger partial charge in [-0.05, 0) is 25.8 Å². The number of carbonyl (C=O) groups is 2. The van der Waals surface area contributed by atoms with Crippen LogP contribution in [-0.2, 0) is 14.3 Å². The molecule has 0 radical (unpaired) electrons. The minimum atomic E-state index is -0.263. The fourth-order valence-corrected chi connectivity index (χ4v) is 1.28. The molecule has 0 rings (SSSR count). The number of amides is 1. The molecular weight excluding hydrogens is 218 g/mol. The summed E-state index contributed by atoms with van der Waals surface area (Å²) >= 11 is 0. The van der Waals surface area contributed by atoms with E-state index >= 15 is 0 Å². The number of ether oxygens (including phenoxy) is 1. The zero-order valence-electron chi connectivity index (χ0n) is 11.2. The monoisotopic (exact) mass is 241 g/mol. The van der Waals surface area contributed by atoms with Crippen molar-refractivity contribution in [2.24, 2.45) is 5.92 Å². The SMILES string of the molecule is C=CC(=O)N(CCC(=O)OCC(C)C)C(C)C. The van der Waals surface area contributed by atoms with E-state index in [0.717, 1.165) is 0 Å². The summed E-state index contributed by atoms with van der Waals surface area (Å²) in [5.41, 5.74) is 0. The van der Waals surface area contributed by atoms with Crippen molar-refractivity contribution in [3.63, 3.8) is 0 Å². The zero-order valence-corrected chi connectivity index (χ0v) is 11.2. The average molecular weight is 241 g/mol. The third-order valence-corrected chi connectivity index (χ3v) is 2.22. The molecule has 17 heavy (non-hydrogen) atoms. The lowest BCUT2D eigenvalue weighted by Gasteiger charge is -2.25. The molecule has 0 aromatic carbocycles. The number of hydrogen-bond donors (Lipinski definition) is 0. The van der Waals surface area contributed by atoms with Gasteiger partial charge in [-0.25, -0.2) is 0 Å². The molecule has 0 aliphatic carbocycles. The summed E-state index contributed by atoms with van der Waals surface area (Å²) in [6.07, 6.45) is 1.49. The highest BCUT2D eigenvalue weighted by atomic mass is 16.5. The summed E-state index contributed by atoms with van der Waals surface area (Å²) in [6.45, 7) is 12.0. The van der Waals surface area contributed by atoms with E-state index in [-0.39, 0.29) is 24.3 Å². The number of carbonyl (C=O) groups excluding carboxylic acids is 2. The largest absolute Gasteiger partial charge is 0.465 e. The van der Waals surface area contributed by atoms with Crippen LogP contribution >= 0.6 is 0 Å². The zero-order chi connectivity index (χ0) is 13.4. The van der Waals surface area contributed by atoms with Crippen molar-refractivity contribution in [3.05, 3.63) is 12.7 Å². The second kappa shape index (κ2) is 7.87. The first-order chi connectivity index (χ1) is 7.88. The van der Waals surface area contributed by atoms with E-state index in [1.807, 2.05) is 27.7 Å². The number of hydrogen-bond acceptors (Lipinski definition) is 3. The molecule has 4 nitrogen and oxygen atoms in total. The van der Waals surface area contributed by atoms with Crippen molar-refractivity contribution >= 4 is 11.9 Å². The van der Waals surface area contributed by atoms with Crippen molar-refractivity contribution in [2.75, 3.05) is 13.2 Å². The van der Waals surface area contributed by atoms with Gasteiger partial charge in [-0.15, -0.1) is 0 Å². The van der Waals surface area contributed by atoms with Gasteiger partial charge >= 0.3 is 5.97 Å². The fourth-order valence-electron chi connectivity index (χ4n) is 1.28. The first-order valence-electron chi connectivity index (χ1n) is 5.97. The van der Waals surface area contributed by atoms with E-state index in [0.29, 0.717) is 19.1 Å². The molecule has 0 aliphatic heterocycles. The van der Waals surface area contributed by atoms with Crippen LogP contribution < -0.4 is 0 Å². The van der Waals surface area contributed by atoms with E-state index in [1.54, 1.807) is 4.90 Å². The molecule has 0 saturated carbocycles. The number of esters is 1. The summed E-state index contributed by atoms with van der Waals surface area (Å²) in [6, 6.07) is 0.0541. The Morgan fingerprint density at radius 1 is 1.29 bits per heavy atom. The normalized spacial score (nSPS) is 10.5. The number of nitrogens with zero attached hydrogens (tertiary/aromatic N) is 1. The molecule has 0 aromatic heterocycles. The Hall–Kier alpha value is -1.32. The van der Waals surface area contributed by atoms with Gasteiger partial charge in [0.05, 0.1) is 13.0 Å². The van der Waals surface area contributed by atoms with Gasteiger partial charge in [-0.2, -0.15) is 0 Å². The van der Waals surface area contributed by atoms with Crippen molar-refractivity contribution < 1.29 is 14.3 Å². The highest BCUT2D eigenvalue weighted by Gasteiger charge is 2.15. The van der Waals surface area contributed by atoms with Crippen molar-refractivity contribution in [2.45, 2.75) is 40.2 Å². The van der Waals surface area contributed by atoms with Crippen LogP contribution in [0.1, 0.15) is 34.1 Å². The molecule has 0 atom stereocenters. The Balaban J connectivity index is 4.09. The molecule has 98 valence electrons. The van der Waals surface area contributed by atoms with Crippen molar-refractivity contribution in [1.82, 2.24) is 4.90 Å². The highest BCUT2D eigenvalue weighted by Crippen LogP contribution is 2.03. The maximum Gasteiger partial charge on any atom is 0.307 e. The quantitative estimate of drug-likeness (QED) is 0.506. The van der Waals surface area contributed by atoms with E-state index in [1.165, 1.54) is 6.08 Å². The van der Waals surface area contributed by atoms with Crippen LogP contribution in [0.15, 0.2) is 12.7 Å². The van der Waals surface area contributed by atoms with Crippen molar-refractivity contribution in [3.8, 4) is 0 Å². The smallest absolute Gasteiger partial charge is 0.307 e. The minimum absolute atomic E-state index is 0.0541. The molecule has 0 aliphatic rings. The van der Waals surface area contributed by atoms with Crippen LogP contribution in [0, 0.1) is 5.92 Å². The molecule has 0 spiro atoms. The molecule has 4 heteroatoms. The Morgan fingerprint density at radius 2 is 1.88 bits per heavy atom. The summed E-state index contributed by atoms with van der Waals surface area (Å²) in [4.78, 5) is 24.5. The van der Waals surface area contributed by atoms with E-state index in [2.05, 4.69) is 6.58 Å². The predicted octanol–water partition coefficient (Wildman–Crippen LogP) is 2.00. The Bertz CT molecular complexity index is 272. The topological polar surface area (TPSA) is 46.6 Å². The molecule has 0 saturated heterocycles. The van der Waals surface area contributed by atoms with Crippen LogP contribution in [0.5, 0.6) is 0 Å².